The van der Waals surface area contributed by atoms with E-state index in [1.54, 1.807) is 0 Å². The minimum absolute atomic E-state index is 0. The standard InChI is InChI=1S/C8H20Si.6CH4/c1-5-6-7-8-9(2,3)4;;;;;;/h5-8H2,1-4H3;6*1H4. The summed E-state index contributed by atoms with van der Waals surface area (Å²) >= 11 is 0. The van der Waals surface area contributed by atoms with Gasteiger partial charge >= 0.3 is 0 Å². The van der Waals surface area contributed by atoms with Crippen LogP contribution in [0.25, 0.3) is 0 Å². The maximum Gasteiger partial charge on any atom is 0.0442 e. The molecule has 0 nitrogen and oxygen atoms in total. The molecule has 0 unspecified atom stereocenters. The third-order valence-corrected chi connectivity index (χ3v) is 3.38. The van der Waals surface area contributed by atoms with Gasteiger partial charge in [-0.1, -0.05) is 96.4 Å². The maximum atomic E-state index is 2.45. The molecule has 0 aliphatic carbocycles. The Labute approximate surface area is 105 Å². The highest BCUT2D eigenvalue weighted by molar-refractivity contribution is 6.76. The van der Waals surface area contributed by atoms with E-state index in [9.17, 15) is 0 Å². The van der Waals surface area contributed by atoms with Crippen molar-refractivity contribution in [3.05, 3.63) is 0 Å². The predicted octanol–water partition coefficient (Wildman–Crippen LogP) is 7.33. The molecule has 0 spiro atoms. The zero-order valence-electron chi connectivity index (χ0n) is 7.33. The Kier molecular flexibility index (Phi) is 72.3. The average Bonchev–Trinajstić information content (AvgIpc) is 1.63. The van der Waals surface area contributed by atoms with Crippen molar-refractivity contribution in [3.63, 3.8) is 0 Å². The van der Waals surface area contributed by atoms with Gasteiger partial charge in [0.05, 0.1) is 0 Å². The number of unbranched alkanes of at least 4 members (excludes halogenated alkanes) is 2. The van der Waals surface area contributed by atoms with Gasteiger partial charge in [-0.2, -0.15) is 0 Å². The van der Waals surface area contributed by atoms with Crippen LogP contribution >= 0.6 is 0 Å². The predicted molar refractivity (Wildman–Crippen MR) is 88.1 cm³/mol. The molecule has 0 aliphatic rings. The number of rotatable bonds is 4. The van der Waals surface area contributed by atoms with Gasteiger partial charge in [0.25, 0.3) is 0 Å². The highest BCUT2D eigenvalue weighted by atomic mass is 28.3. The van der Waals surface area contributed by atoms with Crippen molar-refractivity contribution < 1.29 is 0 Å². The lowest BCUT2D eigenvalue weighted by atomic mass is 10.3. The van der Waals surface area contributed by atoms with E-state index in [0.29, 0.717) is 0 Å². The third-order valence-electron chi connectivity index (χ3n) is 1.53. The molecule has 15 heavy (non-hydrogen) atoms. The van der Waals surface area contributed by atoms with Gasteiger partial charge in [0.2, 0.25) is 0 Å². The van der Waals surface area contributed by atoms with E-state index in [2.05, 4.69) is 26.6 Å². The Morgan fingerprint density at radius 1 is 0.667 bits per heavy atom. The molecule has 0 heterocycles. The van der Waals surface area contributed by atoms with Crippen molar-refractivity contribution in [3.8, 4) is 0 Å². The molecule has 0 atom stereocenters. The van der Waals surface area contributed by atoms with E-state index in [1.807, 2.05) is 0 Å². The fraction of sp³-hybridized carbons (Fsp3) is 1.00. The van der Waals surface area contributed by atoms with Gasteiger partial charge in [-0.05, 0) is 0 Å². The summed E-state index contributed by atoms with van der Waals surface area (Å²) in [6.45, 7) is 9.61. The fourth-order valence-corrected chi connectivity index (χ4v) is 2.22. The smallest absolute Gasteiger partial charge is 0.0442 e. The second-order valence-corrected chi connectivity index (χ2v) is 9.64. The molecule has 0 aromatic carbocycles. The molecule has 0 aliphatic heterocycles. The fourth-order valence-electron chi connectivity index (χ4n) is 0.905. The zero-order chi connectivity index (χ0) is 7.33. The lowest BCUT2D eigenvalue weighted by molar-refractivity contribution is 0.763. The summed E-state index contributed by atoms with van der Waals surface area (Å²) in [4.78, 5) is 0. The monoisotopic (exact) mass is 240 g/mol. The van der Waals surface area contributed by atoms with Crippen LogP contribution < -0.4 is 0 Å². The van der Waals surface area contributed by atoms with Crippen LogP contribution in [0.15, 0.2) is 0 Å². The van der Waals surface area contributed by atoms with E-state index in [1.165, 1.54) is 25.3 Å². The minimum atomic E-state index is -0.694. The lowest BCUT2D eigenvalue weighted by Crippen LogP contribution is -2.18. The first-order valence-electron chi connectivity index (χ1n) is 4.06. The van der Waals surface area contributed by atoms with Crippen LogP contribution in [-0.2, 0) is 0 Å². The van der Waals surface area contributed by atoms with Gasteiger partial charge in [0.1, 0.15) is 0 Å². The van der Waals surface area contributed by atoms with Crippen molar-refractivity contribution in [2.75, 3.05) is 0 Å². The average molecular weight is 241 g/mol. The van der Waals surface area contributed by atoms with Crippen molar-refractivity contribution in [2.24, 2.45) is 0 Å². The summed E-state index contributed by atoms with van der Waals surface area (Å²) in [6.07, 6.45) is 4.26. The lowest BCUT2D eigenvalue weighted by Gasteiger charge is -2.14. The van der Waals surface area contributed by atoms with E-state index in [0.717, 1.165) is 0 Å². The summed E-state index contributed by atoms with van der Waals surface area (Å²) in [5, 5.41) is 0. The Morgan fingerprint density at radius 3 is 1.20 bits per heavy atom. The molecule has 0 aromatic rings. The normalized spacial score (nSPS) is 7.20. The Balaban J connectivity index is -0.0000000213. The van der Waals surface area contributed by atoms with Crippen molar-refractivity contribution in [2.45, 2.75) is 96.4 Å². The second-order valence-electron chi connectivity index (χ2n) is 4.02. The number of hydrogen-bond donors (Lipinski definition) is 0. The highest BCUT2D eigenvalue weighted by Gasteiger charge is 2.10. The van der Waals surface area contributed by atoms with Gasteiger partial charge in [0.15, 0.2) is 0 Å². The van der Waals surface area contributed by atoms with Crippen LogP contribution in [0.2, 0.25) is 25.7 Å². The van der Waals surface area contributed by atoms with Crippen LogP contribution in [0.3, 0.4) is 0 Å². The van der Waals surface area contributed by atoms with Crippen molar-refractivity contribution in [1.29, 1.82) is 0 Å². The maximum absolute atomic E-state index is 2.45. The molecule has 0 fully saturated rings. The van der Waals surface area contributed by atoms with E-state index < -0.39 is 8.07 Å². The van der Waals surface area contributed by atoms with Crippen LogP contribution in [0.4, 0.5) is 0 Å². The molecule has 0 aromatic heterocycles. The molecule has 1 heteroatoms. The molecule has 0 N–H and O–H groups in total. The Morgan fingerprint density at radius 2 is 1.00 bits per heavy atom. The molecule has 0 saturated heterocycles. The molecule has 104 valence electrons. The number of hydrogen-bond acceptors (Lipinski definition) is 0. The van der Waals surface area contributed by atoms with Crippen LogP contribution in [-0.4, -0.2) is 8.07 Å². The molecular weight excluding hydrogens is 196 g/mol. The molecule has 0 bridgehead atoms. The quantitative estimate of drug-likeness (QED) is 0.356. The summed E-state index contributed by atoms with van der Waals surface area (Å²) in [5.74, 6) is 0. The first kappa shape index (κ1) is 45.6. The van der Waals surface area contributed by atoms with Gasteiger partial charge < -0.3 is 0 Å². The van der Waals surface area contributed by atoms with Gasteiger partial charge in [-0.15, -0.1) is 0 Å². The largest absolute Gasteiger partial charge is 0.0776 e. The zero-order valence-corrected chi connectivity index (χ0v) is 8.33. The third kappa shape index (κ3) is 54.9. The van der Waals surface area contributed by atoms with Crippen LogP contribution in [0, 0.1) is 0 Å². The van der Waals surface area contributed by atoms with E-state index in [-0.39, 0.29) is 44.6 Å². The van der Waals surface area contributed by atoms with E-state index in [4.69, 9.17) is 0 Å². The van der Waals surface area contributed by atoms with Crippen LogP contribution in [0.5, 0.6) is 0 Å². The minimum Gasteiger partial charge on any atom is -0.0776 e. The summed E-state index contributed by atoms with van der Waals surface area (Å²) in [5.41, 5.74) is 0. The van der Waals surface area contributed by atoms with Gasteiger partial charge in [-0.3, -0.25) is 0 Å². The van der Waals surface area contributed by atoms with Gasteiger partial charge in [0, 0.05) is 8.07 Å². The Hall–Kier alpha value is 0.217. The van der Waals surface area contributed by atoms with Gasteiger partial charge in [-0.25, -0.2) is 0 Å². The molecule has 0 rings (SSSR count). The van der Waals surface area contributed by atoms with Crippen LogP contribution in [0.1, 0.15) is 70.7 Å². The summed E-state index contributed by atoms with van der Waals surface area (Å²) in [6, 6.07) is 1.51. The van der Waals surface area contributed by atoms with Crippen molar-refractivity contribution >= 4 is 8.07 Å². The van der Waals surface area contributed by atoms with Crippen molar-refractivity contribution in [1.82, 2.24) is 0 Å². The molecular formula is C14H44Si. The second kappa shape index (κ2) is 23.8. The first-order valence-corrected chi connectivity index (χ1v) is 7.77. The highest BCUT2D eigenvalue weighted by Crippen LogP contribution is 2.13. The molecule has 0 saturated carbocycles. The molecule has 0 radical (unpaired) electrons. The van der Waals surface area contributed by atoms with E-state index >= 15 is 0 Å². The topological polar surface area (TPSA) is 0 Å². The SMILES string of the molecule is C.C.C.C.C.C.CCCCC[Si](C)(C)C. The molecule has 0 amide bonds. The first-order chi connectivity index (χ1) is 4.06. The summed E-state index contributed by atoms with van der Waals surface area (Å²) < 4.78 is 0. The summed E-state index contributed by atoms with van der Waals surface area (Å²) in [7, 11) is -0.694. The Bertz CT molecular complexity index is 62.2.